The first-order valence-electron chi connectivity index (χ1n) is 4.17. The van der Waals surface area contributed by atoms with Gasteiger partial charge in [-0.25, -0.2) is 0 Å². The number of rotatable bonds is 1. The molecule has 4 unspecified atom stereocenters. The summed E-state index contributed by atoms with van der Waals surface area (Å²) in [6.45, 7) is 3.72. The first-order valence-corrected chi connectivity index (χ1v) is 4.17. The summed E-state index contributed by atoms with van der Waals surface area (Å²) in [6, 6.07) is 0.758. The minimum Gasteiger partial charge on any atom is -0.396 e. The van der Waals surface area contributed by atoms with Crippen LogP contribution in [-0.2, 0) is 0 Å². The zero-order valence-electron chi connectivity index (χ0n) is 6.38. The van der Waals surface area contributed by atoms with Gasteiger partial charge in [0.25, 0.3) is 0 Å². The highest BCUT2D eigenvalue weighted by molar-refractivity contribution is 5.02. The van der Waals surface area contributed by atoms with Gasteiger partial charge in [0, 0.05) is 12.6 Å². The summed E-state index contributed by atoms with van der Waals surface area (Å²) in [4.78, 5) is 0. The average Bonchev–Trinajstić information content (AvgIpc) is 2.66. The van der Waals surface area contributed by atoms with Crippen molar-refractivity contribution in [1.82, 2.24) is 5.32 Å². The summed E-state index contributed by atoms with van der Waals surface area (Å²) in [5.74, 6) is 2.06. The van der Waals surface area contributed by atoms with Crippen molar-refractivity contribution in [2.45, 2.75) is 19.4 Å². The van der Waals surface area contributed by atoms with Crippen molar-refractivity contribution in [3.63, 3.8) is 0 Å². The van der Waals surface area contributed by atoms with Crippen LogP contribution in [0.1, 0.15) is 13.3 Å². The van der Waals surface area contributed by atoms with Crippen molar-refractivity contribution in [3.8, 4) is 0 Å². The normalized spacial score (nSPS) is 52.2. The number of hydrogen-bond donors (Lipinski definition) is 2. The molecule has 0 aromatic rings. The van der Waals surface area contributed by atoms with Crippen LogP contribution >= 0.6 is 0 Å². The zero-order valence-corrected chi connectivity index (χ0v) is 6.38. The third-order valence-electron chi connectivity index (χ3n) is 3.03. The predicted octanol–water partition coefficient (Wildman–Crippen LogP) is 0.223. The van der Waals surface area contributed by atoms with E-state index >= 15 is 0 Å². The molecule has 2 nitrogen and oxygen atoms in total. The van der Waals surface area contributed by atoms with Gasteiger partial charge in [-0.15, -0.1) is 0 Å². The van der Waals surface area contributed by atoms with E-state index in [0.29, 0.717) is 18.4 Å². The first kappa shape index (κ1) is 6.62. The van der Waals surface area contributed by atoms with Crippen LogP contribution in [-0.4, -0.2) is 24.3 Å². The summed E-state index contributed by atoms with van der Waals surface area (Å²) in [5, 5.41) is 12.5. The average molecular weight is 141 g/mol. The molecule has 0 aromatic heterocycles. The van der Waals surface area contributed by atoms with Crippen molar-refractivity contribution < 1.29 is 5.11 Å². The van der Waals surface area contributed by atoms with Gasteiger partial charge in [-0.2, -0.15) is 0 Å². The second kappa shape index (κ2) is 2.21. The Morgan fingerprint density at radius 1 is 1.60 bits per heavy atom. The van der Waals surface area contributed by atoms with Crippen LogP contribution in [0.3, 0.4) is 0 Å². The molecule has 2 fully saturated rings. The van der Waals surface area contributed by atoms with Crippen LogP contribution in [0.4, 0.5) is 0 Å². The fourth-order valence-electron chi connectivity index (χ4n) is 2.15. The maximum atomic E-state index is 9.03. The van der Waals surface area contributed by atoms with E-state index < -0.39 is 0 Å². The Balaban J connectivity index is 2.00. The number of hydrogen-bond acceptors (Lipinski definition) is 2. The molecule has 58 valence electrons. The van der Waals surface area contributed by atoms with Gasteiger partial charge < -0.3 is 10.4 Å². The molecule has 2 heteroatoms. The van der Waals surface area contributed by atoms with Gasteiger partial charge in [0.2, 0.25) is 0 Å². The van der Waals surface area contributed by atoms with Crippen molar-refractivity contribution in [2.24, 2.45) is 17.8 Å². The molecular formula is C8H15NO. The highest BCUT2D eigenvalue weighted by Crippen LogP contribution is 2.43. The highest BCUT2D eigenvalue weighted by Gasteiger charge is 2.47. The van der Waals surface area contributed by atoms with E-state index in [-0.39, 0.29) is 0 Å². The Morgan fingerprint density at radius 2 is 2.40 bits per heavy atom. The summed E-state index contributed by atoms with van der Waals surface area (Å²) >= 11 is 0. The minimum absolute atomic E-state index is 0.393. The lowest BCUT2D eigenvalue weighted by Crippen LogP contribution is -2.37. The van der Waals surface area contributed by atoms with Crippen LogP contribution in [0.25, 0.3) is 0 Å². The van der Waals surface area contributed by atoms with E-state index in [4.69, 9.17) is 5.11 Å². The Bertz CT molecular complexity index is 135. The van der Waals surface area contributed by atoms with Crippen LogP contribution in [0, 0.1) is 17.8 Å². The summed E-state index contributed by atoms with van der Waals surface area (Å²) < 4.78 is 0. The number of fused-ring (bicyclic) bond motifs is 1. The van der Waals surface area contributed by atoms with E-state index in [1.807, 2.05) is 0 Å². The number of aliphatic hydroxyl groups excluding tert-OH is 1. The van der Waals surface area contributed by atoms with Crippen molar-refractivity contribution in [2.75, 3.05) is 13.2 Å². The molecule has 0 amide bonds. The van der Waals surface area contributed by atoms with Crippen molar-refractivity contribution in [1.29, 1.82) is 0 Å². The van der Waals surface area contributed by atoms with Gasteiger partial charge >= 0.3 is 0 Å². The smallest absolute Gasteiger partial charge is 0.0465 e. The van der Waals surface area contributed by atoms with E-state index in [0.717, 1.165) is 18.5 Å². The molecule has 10 heavy (non-hydrogen) atoms. The maximum Gasteiger partial charge on any atom is 0.0465 e. The first-order chi connectivity index (χ1) is 4.83. The van der Waals surface area contributed by atoms with Gasteiger partial charge in [0.15, 0.2) is 0 Å². The molecule has 1 aliphatic carbocycles. The van der Waals surface area contributed by atoms with Crippen LogP contribution < -0.4 is 5.32 Å². The molecule has 1 heterocycles. The summed E-state index contributed by atoms with van der Waals surface area (Å²) in [5.41, 5.74) is 0. The van der Waals surface area contributed by atoms with Gasteiger partial charge in [-0.05, 0) is 30.7 Å². The lowest BCUT2D eigenvalue weighted by molar-refractivity contribution is 0.142. The molecule has 2 rings (SSSR count). The Labute approximate surface area is 61.6 Å². The van der Waals surface area contributed by atoms with E-state index in [1.165, 1.54) is 6.42 Å². The number of aliphatic hydroxyl groups is 1. The molecule has 0 bridgehead atoms. The SMILES string of the molecule is CC1CNC2CC2C1CO. The van der Waals surface area contributed by atoms with Crippen LogP contribution in [0.15, 0.2) is 0 Å². The molecule has 0 aromatic carbocycles. The molecule has 4 atom stereocenters. The molecule has 1 aliphatic heterocycles. The fourth-order valence-corrected chi connectivity index (χ4v) is 2.15. The van der Waals surface area contributed by atoms with Crippen molar-refractivity contribution in [3.05, 3.63) is 0 Å². The van der Waals surface area contributed by atoms with Crippen molar-refractivity contribution >= 4 is 0 Å². The Hall–Kier alpha value is -0.0800. The van der Waals surface area contributed by atoms with Gasteiger partial charge in [0.1, 0.15) is 0 Å². The monoisotopic (exact) mass is 141 g/mol. The second-order valence-corrected chi connectivity index (χ2v) is 3.74. The third-order valence-corrected chi connectivity index (χ3v) is 3.03. The Kier molecular flexibility index (Phi) is 1.46. The summed E-state index contributed by atoms with van der Waals surface area (Å²) in [7, 11) is 0. The maximum absolute atomic E-state index is 9.03. The van der Waals surface area contributed by atoms with Crippen LogP contribution in [0.2, 0.25) is 0 Å². The third kappa shape index (κ3) is 0.867. The highest BCUT2D eigenvalue weighted by atomic mass is 16.3. The molecule has 2 N–H and O–H groups in total. The molecule has 1 saturated heterocycles. The number of nitrogens with one attached hydrogen (secondary N) is 1. The van der Waals surface area contributed by atoms with E-state index in [9.17, 15) is 0 Å². The molecule has 0 spiro atoms. The largest absolute Gasteiger partial charge is 0.396 e. The standard InChI is InChI=1S/C8H15NO/c1-5-3-9-8-2-6(8)7(5)4-10/h5-10H,2-4H2,1H3. The topological polar surface area (TPSA) is 32.3 Å². The van der Waals surface area contributed by atoms with Gasteiger partial charge in [0.05, 0.1) is 0 Å². The molecular weight excluding hydrogens is 126 g/mol. The second-order valence-electron chi connectivity index (χ2n) is 3.74. The van der Waals surface area contributed by atoms with Crippen LogP contribution in [0.5, 0.6) is 0 Å². The lowest BCUT2D eigenvalue weighted by atomic mass is 9.88. The Morgan fingerprint density at radius 3 is 3.00 bits per heavy atom. The molecule has 2 aliphatic rings. The predicted molar refractivity (Wildman–Crippen MR) is 39.6 cm³/mol. The lowest BCUT2D eigenvalue weighted by Gasteiger charge is -2.27. The van der Waals surface area contributed by atoms with Gasteiger partial charge in [-0.1, -0.05) is 6.92 Å². The van der Waals surface area contributed by atoms with E-state index in [1.54, 1.807) is 0 Å². The minimum atomic E-state index is 0.393. The molecule has 0 radical (unpaired) electrons. The quantitative estimate of drug-likeness (QED) is 0.547. The fraction of sp³-hybridized carbons (Fsp3) is 1.00. The number of piperidine rings is 1. The molecule has 1 saturated carbocycles. The van der Waals surface area contributed by atoms with E-state index in [2.05, 4.69) is 12.2 Å². The summed E-state index contributed by atoms with van der Waals surface area (Å²) in [6.07, 6.45) is 1.30. The zero-order chi connectivity index (χ0) is 7.14. The van der Waals surface area contributed by atoms with Gasteiger partial charge in [-0.3, -0.25) is 0 Å².